The van der Waals surface area contributed by atoms with Gasteiger partial charge in [-0.15, -0.1) is 0 Å². The van der Waals surface area contributed by atoms with Gasteiger partial charge in [-0.3, -0.25) is 9.36 Å². The van der Waals surface area contributed by atoms with E-state index in [4.69, 9.17) is 14.8 Å². The molecule has 0 aromatic rings. The van der Waals surface area contributed by atoms with Crippen LogP contribution in [0.3, 0.4) is 0 Å². The Morgan fingerprint density at radius 3 is 1.58 bits per heavy atom. The van der Waals surface area contributed by atoms with Crippen LogP contribution in [0.1, 0.15) is 22.2 Å². The first-order chi connectivity index (χ1) is 4.85. The number of carboxylic acids is 1. The van der Waals surface area contributed by atoms with Gasteiger partial charge < -0.3 is 11.4 Å². The quantitative estimate of drug-likeness (QED) is 0.426. The van der Waals surface area contributed by atoms with E-state index in [1.54, 1.807) is 13.8 Å². The number of hydrogen-bond acceptors (Lipinski definition) is 2. The monoisotopic (exact) mass is 206 g/mol. The summed E-state index contributed by atoms with van der Waals surface area (Å²) in [5, 5.41) is 7.42. The molecule has 0 amide bonds. The molecule has 0 aromatic carbocycles. The van der Waals surface area contributed by atoms with Gasteiger partial charge in [-0.25, -0.2) is 0 Å². The molecule has 0 rings (SSSR count). The van der Waals surface area contributed by atoms with Crippen LogP contribution in [-0.2, 0) is 9.36 Å². The third-order valence-corrected chi connectivity index (χ3v) is 2.96. The smallest absolute Gasteiger partial charge is 1.00 e. The minimum atomic E-state index is -2.65. The van der Waals surface area contributed by atoms with Gasteiger partial charge in [0.2, 0.25) is 0 Å². The average molecular weight is 206 g/mol. The van der Waals surface area contributed by atoms with Crippen molar-refractivity contribution >= 4 is 13.3 Å². The molecule has 0 radical (unpaired) electrons. The second kappa shape index (κ2) is 9.75. The third kappa shape index (κ3) is 22.4. The molecule has 0 atom stereocenters. The Hall–Kier alpha value is 0.660. The molecule has 0 heterocycles. The van der Waals surface area contributed by atoms with Crippen LogP contribution in [0.2, 0.25) is 0 Å². The molecular weight excluding hydrogens is 190 g/mol. The number of carboxylic acid groups (broad SMARTS) is 1. The van der Waals surface area contributed by atoms with Crippen LogP contribution in [0.15, 0.2) is 0 Å². The standard InChI is InChI=1S/C4H11O2P.C2H4O2.Na.H/c1-3-7(5,6)4-2;1-2(3)4;;/h3-4H2,1-2H3,(H,5,6);1H3,(H,3,4);;/q;;+1;-1. The second-order valence-corrected chi connectivity index (χ2v) is 4.96. The van der Waals surface area contributed by atoms with Gasteiger partial charge in [0.1, 0.15) is 0 Å². The average Bonchev–Trinajstić information content (AvgIpc) is 1.87. The molecule has 0 bridgehead atoms. The summed E-state index contributed by atoms with van der Waals surface area (Å²) >= 11 is 0. The van der Waals surface area contributed by atoms with Crippen LogP contribution >= 0.6 is 7.37 Å². The maximum Gasteiger partial charge on any atom is 1.00 e. The van der Waals surface area contributed by atoms with Gasteiger partial charge in [-0.2, -0.15) is 0 Å². The third-order valence-electron chi connectivity index (χ3n) is 0.988. The molecule has 0 saturated heterocycles. The van der Waals surface area contributed by atoms with E-state index in [0.29, 0.717) is 12.3 Å². The van der Waals surface area contributed by atoms with Gasteiger partial charge in [-0.1, -0.05) is 13.8 Å². The summed E-state index contributed by atoms with van der Waals surface area (Å²) in [5.74, 6) is -0.833. The SMILES string of the molecule is CC(=O)O.CCP(=O)(O)CC.[H-].[Na+]. The first-order valence-electron chi connectivity index (χ1n) is 3.36. The number of hydrogen-bond donors (Lipinski definition) is 2. The van der Waals surface area contributed by atoms with Crippen molar-refractivity contribution in [2.45, 2.75) is 20.8 Å². The molecule has 0 spiro atoms. The fourth-order valence-electron chi connectivity index (χ4n) is 0.224. The van der Waals surface area contributed by atoms with Crippen molar-refractivity contribution in [1.29, 1.82) is 0 Å². The zero-order valence-corrected chi connectivity index (χ0v) is 11.0. The minimum absolute atomic E-state index is 0. The van der Waals surface area contributed by atoms with Crippen LogP contribution in [0, 0.1) is 0 Å². The first kappa shape index (κ1) is 18.4. The molecule has 4 nitrogen and oxygen atoms in total. The normalized spacial score (nSPS) is 9.00. The largest absolute Gasteiger partial charge is 1.00 e. The Labute approximate surface area is 96.6 Å². The zero-order valence-electron chi connectivity index (χ0n) is 9.07. The van der Waals surface area contributed by atoms with E-state index in [9.17, 15) is 4.57 Å². The van der Waals surface area contributed by atoms with Crippen molar-refractivity contribution in [3.8, 4) is 0 Å². The fraction of sp³-hybridized carbons (Fsp3) is 0.833. The van der Waals surface area contributed by atoms with E-state index in [0.717, 1.165) is 6.92 Å². The molecule has 0 aliphatic heterocycles. The van der Waals surface area contributed by atoms with Crippen molar-refractivity contribution in [2.75, 3.05) is 12.3 Å². The molecule has 6 heteroatoms. The molecule has 0 saturated carbocycles. The van der Waals surface area contributed by atoms with E-state index in [1.165, 1.54) is 0 Å². The molecule has 2 N–H and O–H groups in total. The summed E-state index contributed by atoms with van der Waals surface area (Å²) < 4.78 is 10.5. The topological polar surface area (TPSA) is 74.6 Å². The summed E-state index contributed by atoms with van der Waals surface area (Å²) in [6.07, 6.45) is 0.812. The van der Waals surface area contributed by atoms with Crippen molar-refractivity contribution in [3.63, 3.8) is 0 Å². The Kier molecular flexibility index (Phi) is 15.0. The molecule has 0 aromatic heterocycles. The van der Waals surface area contributed by atoms with Crippen molar-refractivity contribution in [3.05, 3.63) is 0 Å². The van der Waals surface area contributed by atoms with E-state index in [-0.39, 0.29) is 31.0 Å². The summed E-state index contributed by atoms with van der Waals surface area (Å²) in [5.41, 5.74) is 0. The molecule has 0 aliphatic carbocycles. The van der Waals surface area contributed by atoms with Crippen LogP contribution in [0.25, 0.3) is 0 Å². The van der Waals surface area contributed by atoms with Crippen LogP contribution in [-0.4, -0.2) is 28.3 Å². The van der Waals surface area contributed by atoms with E-state index in [2.05, 4.69) is 0 Å². The maximum absolute atomic E-state index is 10.5. The predicted molar refractivity (Wildman–Crippen MR) is 45.3 cm³/mol. The van der Waals surface area contributed by atoms with Gasteiger partial charge in [0, 0.05) is 19.2 Å². The van der Waals surface area contributed by atoms with Crippen LogP contribution in [0.4, 0.5) is 0 Å². The summed E-state index contributed by atoms with van der Waals surface area (Å²) in [6.45, 7) is 4.54. The van der Waals surface area contributed by atoms with Gasteiger partial charge >= 0.3 is 29.6 Å². The molecule has 0 aliphatic rings. The van der Waals surface area contributed by atoms with E-state index < -0.39 is 13.3 Å². The number of rotatable bonds is 2. The Balaban J connectivity index is -0.0000000600. The van der Waals surface area contributed by atoms with Crippen molar-refractivity contribution in [2.24, 2.45) is 0 Å². The first-order valence-corrected chi connectivity index (χ1v) is 5.39. The van der Waals surface area contributed by atoms with Gasteiger partial charge in [0.15, 0.2) is 7.37 Å². The van der Waals surface area contributed by atoms with Crippen molar-refractivity contribution < 1.29 is 50.3 Å². The van der Waals surface area contributed by atoms with E-state index in [1.807, 2.05) is 0 Å². The van der Waals surface area contributed by atoms with Gasteiger partial charge in [0.05, 0.1) is 0 Å². The summed E-state index contributed by atoms with van der Waals surface area (Å²) in [7, 11) is -2.65. The van der Waals surface area contributed by atoms with Crippen LogP contribution in [0.5, 0.6) is 0 Å². The molecule has 70 valence electrons. The minimum Gasteiger partial charge on any atom is -1.00 e. The van der Waals surface area contributed by atoms with E-state index >= 15 is 0 Å². The Morgan fingerprint density at radius 1 is 1.42 bits per heavy atom. The molecule has 0 unspecified atom stereocenters. The predicted octanol–water partition coefficient (Wildman–Crippen LogP) is -1.50. The zero-order chi connectivity index (χ0) is 9.49. The second-order valence-electron chi connectivity index (χ2n) is 2.00. The maximum atomic E-state index is 10.5. The van der Waals surface area contributed by atoms with Crippen molar-refractivity contribution in [1.82, 2.24) is 0 Å². The molecular formula is C6H16NaO4P. The Bertz CT molecular complexity index is 153. The van der Waals surface area contributed by atoms with Gasteiger partial charge in [0.25, 0.3) is 5.97 Å². The summed E-state index contributed by atoms with van der Waals surface area (Å²) in [4.78, 5) is 17.7. The molecule has 12 heavy (non-hydrogen) atoms. The Morgan fingerprint density at radius 2 is 1.58 bits per heavy atom. The van der Waals surface area contributed by atoms with Crippen LogP contribution < -0.4 is 29.6 Å². The molecule has 0 fully saturated rings. The number of aliphatic carboxylic acids is 1. The van der Waals surface area contributed by atoms with Gasteiger partial charge in [-0.05, 0) is 0 Å². The fourth-order valence-corrected chi connectivity index (χ4v) is 0.671. The summed E-state index contributed by atoms with van der Waals surface area (Å²) in [6, 6.07) is 0. The number of carbonyl (C=O) groups is 1.